The van der Waals surface area contributed by atoms with Gasteiger partial charge in [-0.1, -0.05) is 19.9 Å². The van der Waals surface area contributed by atoms with E-state index in [4.69, 9.17) is 4.74 Å². The Labute approximate surface area is 84.3 Å². The van der Waals surface area contributed by atoms with Crippen LogP contribution >= 0.6 is 0 Å². The molecule has 1 aromatic heterocycles. The quantitative estimate of drug-likeness (QED) is 0.786. The molecular weight excluding hydrogens is 180 g/mol. The molecule has 0 aliphatic carbocycles. The summed E-state index contributed by atoms with van der Waals surface area (Å²) in [5.41, 5.74) is 0.737. The Bertz CT molecular complexity index is 250. The maximum Gasteiger partial charge on any atom is 0.407 e. The smallest absolute Gasteiger partial charge is 0.407 e. The van der Waals surface area contributed by atoms with Crippen LogP contribution in [0.25, 0.3) is 0 Å². The third-order valence-electron chi connectivity index (χ3n) is 1.28. The zero-order valence-electron chi connectivity index (χ0n) is 8.78. The average Bonchev–Trinajstić information content (AvgIpc) is 2.30. The Morgan fingerprint density at radius 1 is 1.50 bits per heavy atom. The van der Waals surface area contributed by atoms with Gasteiger partial charge in [0.15, 0.2) is 0 Å². The summed E-state index contributed by atoms with van der Waals surface area (Å²) in [7, 11) is 1.51. The molecule has 4 heteroatoms. The minimum absolute atomic E-state index is 0.209. The van der Waals surface area contributed by atoms with Gasteiger partial charge in [-0.3, -0.25) is 4.98 Å². The van der Waals surface area contributed by atoms with E-state index < -0.39 is 6.09 Å². The maximum atomic E-state index is 10.6. The number of carbonyl (C=O) groups is 1. The number of rotatable bonds is 2. The predicted octanol–water partition coefficient (Wildman–Crippen LogP) is 1.96. The second-order valence-corrected chi connectivity index (χ2v) is 2.15. The first-order valence-electron chi connectivity index (χ1n) is 4.57. The average molecular weight is 196 g/mol. The van der Waals surface area contributed by atoms with Crippen LogP contribution in [0.5, 0.6) is 0 Å². The lowest BCUT2D eigenvalue weighted by Crippen LogP contribution is -2.19. The van der Waals surface area contributed by atoms with Crippen molar-refractivity contribution < 1.29 is 9.53 Å². The third kappa shape index (κ3) is 5.13. The Morgan fingerprint density at radius 3 is 2.71 bits per heavy atom. The van der Waals surface area contributed by atoms with Crippen LogP contribution in [0, 0.1) is 0 Å². The number of aromatic nitrogens is 1. The third-order valence-corrected chi connectivity index (χ3v) is 1.28. The van der Waals surface area contributed by atoms with Gasteiger partial charge in [-0.15, -0.1) is 0 Å². The highest BCUT2D eigenvalue weighted by Crippen LogP contribution is 1.95. The molecular formula is C10H16N2O2. The fourth-order valence-corrected chi connectivity index (χ4v) is 0.695. The highest BCUT2D eigenvalue weighted by Gasteiger charge is 1.98. The normalized spacial score (nSPS) is 8.21. The van der Waals surface area contributed by atoms with Crippen LogP contribution < -0.4 is 5.32 Å². The largest absolute Gasteiger partial charge is 0.443 e. The fourth-order valence-electron chi connectivity index (χ4n) is 0.695. The van der Waals surface area contributed by atoms with Gasteiger partial charge in [0.05, 0.1) is 5.69 Å². The first-order chi connectivity index (χ1) is 6.83. The number of pyridine rings is 1. The van der Waals surface area contributed by atoms with Crippen LogP contribution in [-0.2, 0) is 11.3 Å². The molecule has 0 spiro atoms. The van der Waals surface area contributed by atoms with Crippen molar-refractivity contribution in [3.63, 3.8) is 0 Å². The molecule has 0 bridgehead atoms. The van der Waals surface area contributed by atoms with Gasteiger partial charge < -0.3 is 10.1 Å². The van der Waals surface area contributed by atoms with Crippen LogP contribution in [0.3, 0.4) is 0 Å². The standard InChI is InChI=1S/C8H10N2O2.C2H6/c1-9-8(11)12-6-7-4-2-3-5-10-7;1-2/h2-5H,6H2,1H3,(H,9,11);1-2H3. The monoisotopic (exact) mass is 196 g/mol. The van der Waals surface area contributed by atoms with Crippen LogP contribution in [0.1, 0.15) is 19.5 Å². The first-order valence-corrected chi connectivity index (χ1v) is 4.57. The van der Waals surface area contributed by atoms with Crippen molar-refractivity contribution in [2.45, 2.75) is 20.5 Å². The zero-order chi connectivity index (χ0) is 10.8. The van der Waals surface area contributed by atoms with Gasteiger partial charge in [0.2, 0.25) is 0 Å². The summed E-state index contributed by atoms with van der Waals surface area (Å²) < 4.78 is 4.76. The molecule has 4 nitrogen and oxygen atoms in total. The van der Waals surface area contributed by atoms with Gasteiger partial charge in [0, 0.05) is 13.2 Å². The van der Waals surface area contributed by atoms with E-state index in [0.29, 0.717) is 0 Å². The molecule has 0 saturated carbocycles. The van der Waals surface area contributed by atoms with Gasteiger partial charge >= 0.3 is 6.09 Å². The number of hydrogen-bond acceptors (Lipinski definition) is 3. The number of nitrogens with one attached hydrogen (secondary N) is 1. The van der Waals surface area contributed by atoms with Gasteiger partial charge in [-0.05, 0) is 12.1 Å². The number of alkyl carbamates (subject to hydrolysis) is 1. The molecule has 1 amide bonds. The van der Waals surface area contributed by atoms with Crippen molar-refractivity contribution in [2.24, 2.45) is 0 Å². The van der Waals surface area contributed by atoms with E-state index in [1.165, 1.54) is 7.05 Å². The van der Waals surface area contributed by atoms with Gasteiger partial charge in [-0.2, -0.15) is 0 Å². The molecule has 0 radical (unpaired) electrons. The molecule has 1 heterocycles. The molecule has 14 heavy (non-hydrogen) atoms. The summed E-state index contributed by atoms with van der Waals surface area (Å²) in [6.07, 6.45) is 1.21. The van der Waals surface area contributed by atoms with Crippen molar-refractivity contribution in [3.05, 3.63) is 30.1 Å². The summed E-state index contributed by atoms with van der Waals surface area (Å²) in [6, 6.07) is 5.45. The fraction of sp³-hybridized carbons (Fsp3) is 0.400. The van der Waals surface area contributed by atoms with Gasteiger partial charge in [0.25, 0.3) is 0 Å². The van der Waals surface area contributed by atoms with E-state index in [1.807, 2.05) is 26.0 Å². The van der Waals surface area contributed by atoms with Crippen LogP contribution in [0.4, 0.5) is 4.79 Å². The van der Waals surface area contributed by atoms with Crippen molar-refractivity contribution in [1.82, 2.24) is 10.3 Å². The van der Waals surface area contributed by atoms with E-state index in [0.717, 1.165) is 5.69 Å². The van der Waals surface area contributed by atoms with E-state index in [1.54, 1.807) is 12.3 Å². The molecule has 1 N–H and O–H groups in total. The van der Waals surface area contributed by atoms with E-state index >= 15 is 0 Å². The molecule has 0 aromatic carbocycles. The number of amides is 1. The molecule has 0 aliphatic heterocycles. The van der Waals surface area contributed by atoms with Gasteiger partial charge in [-0.25, -0.2) is 4.79 Å². The molecule has 1 aromatic rings. The number of carbonyl (C=O) groups excluding carboxylic acids is 1. The van der Waals surface area contributed by atoms with E-state index in [2.05, 4.69) is 10.3 Å². The highest BCUT2D eigenvalue weighted by atomic mass is 16.5. The summed E-state index contributed by atoms with van der Waals surface area (Å²) in [4.78, 5) is 14.6. The minimum atomic E-state index is -0.444. The van der Waals surface area contributed by atoms with Crippen molar-refractivity contribution in [2.75, 3.05) is 7.05 Å². The first kappa shape index (κ1) is 12.4. The van der Waals surface area contributed by atoms with Crippen molar-refractivity contribution in [3.8, 4) is 0 Å². The van der Waals surface area contributed by atoms with Crippen molar-refractivity contribution in [1.29, 1.82) is 0 Å². The van der Waals surface area contributed by atoms with Crippen molar-refractivity contribution >= 4 is 6.09 Å². The van der Waals surface area contributed by atoms with E-state index in [-0.39, 0.29) is 6.61 Å². The number of ether oxygens (including phenoxy) is 1. The molecule has 0 fully saturated rings. The molecule has 0 unspecified atom stereocenters. The molecule has 0 aliphatic rings. The van der Waals surface area contributed by atoms with E-state index in [9.17, 15) is 4.79 Å². The van der Waals surface area contributed by atoms with Gasteiger partial charge in [0.1, 0.15) is 6.61 Å². The number of nitrogens with zero attached hydrogens (tertiary/aromatic N) is 1. The lowest BCUT2D eigenvalue weighted by Gasteiger charge is -2.01. The Morgan fingerprint density at radius 2 is 2.21 bits per heavy atom. The molecule has 1 rings (SSSR count). The highest BCUT2D eigenvalue weighted by molar-refractivity contribution is 5.66. The Hall–Kier alpha value is -1.58. The summed E-state index contributed by atoms with van der Waals surface area (Å²) in [5, 5.41) is 2.35. The Balaban J connectivity index is 0.000000791. The lowest BCUT2D eigenvalue weighted by molar-refractivity contribution is 0.140. The lowest BCUT2D eigenvalue weighted by atomic mass is 10.4. The molecule has 0 saturated heterocycles. The molecule has 78 valence electrons. The topological polar surface area (TPSA) is 51.2 Å². The predicted molar refractivity (Wildman–Crippen MR) is 54.8 cm³/mol. The van der Waals surface area contributed by atoms with Crippen LogP contribution in [0.15, 0.2) is 24.4 Å². The summed E-state index contributed by atoms with van der Waals surface area (Å²) in [5.74, 6) is 0. The minimum Gasteiger partial charge on any atom is -0.443 e. The SMILES string of the molecule is CC.CNC(=O)OCc1ccccn1. The summed E-state index contributed by atoms with van der Waals surface area (Å²) >= 11 is 0. The molecule has 0 atom stereocenters. The maximum absolute atomic E-state index is 10.6. The second kappa shape index (κ2) is 8.04. The Kier molecular flexibility index (Phi) is 7.13. The van der Waals surface area contributed by atoms with Crippen LogP contribution in [-0.4, -0.2) is 18.1 Å². The second-order valence-electron chi connectivity index (χ2n) is 2.15. The summed E-state index contributed by atoms with van der Waals surface area (Å²) in [6.45, 7) is 4.21. The number of hydrogen-bond donors (Lipinski definition) is 1. The zero-order valence-corrected chi connectivity index (χ0v) is 8.78. The van der Waals surface area contributed by atoms with Crippen LogP contribution in [0.2, 0.25) is 0 Å².